The second-order valence-electron chi connectivity index (χ2n) is 3.90. The van der Waals surface area contributed by atoms with Gasteiger partial charge in [-0.25, -0.2) is 0 Å². The van der Waals surface area contributed by atoms with Gasteiger partial charge in [-0.2, -0.15) is 0 Å². The Hall–Kier alpha value is -0.480. The van der Waals surface area contributed by atoms with Crippen molar-refractivity contribution in [3.05, 3.63) is 33.8 Å². The summed E-state index contributed by atoms with van der Waals surface area (Å²) in [6.45, 7) is 1.24. The number of carbonyl (C=O) groups excluding carboxylic acids is 1. The maximum atomic E-state index is 12.1. The van der Waals surface area contributed by atoms with Gasteiger partial charge in [0.15, 0.2) is 0 Å². The summed E-state index contributed by atoms with van der Waals surface area (Å²) in [5, 5.41) is 0.774. The lowest BCUT2D eigenvalue weighted by Gasteiger charge is -2.17. The molecule has 1 amide bonds. The number of halogens is 3. The molecular formula is C11H13Cl3N2O. The van der Waals surface area contributed by atoms with Gasteiger partial charge >= 0.3 is 0 Å². The third-order valence-electron chi connectivity index (χ3n) is 2.69. The minimum absolute atomic E-state index is 0. The topological polar surface area (TPSA) is 46.3 Å². The molecule has 1 aliphatic rings. The van der Waals surface area contributed by atoms with Crippen LogP contribution in [0.25, 0.3) is 0 Å². The normalized spacial score (nSPS) is 19.0. The first-order valence-corrected chi connectivity index (χ1v) is 5.84. The van der Waals surface area contributed by atoms with E-state index in [1.54, 1.807) is 23.1 Å². The van der Waals surface area contributed by atoms with Gasteiger partial charge in [0.2, 0.25) is 0 Å². The minimum Gasteiger partial charge on any atom is -0.337 e. The molecule has 94 valence electrons. The second kappa shape index (κ2) is 5.91. The summed E-state index contributed by atoms with van der Waals surface area (Å²) in [5.74, 6) is -0.136. The van der Waals surface area contributed by atoms with Crippen molar-refractivity contribution in [3.63, 3.8) is 0 Å². The van der Waals surface area contributed by atoms with Crippen LogP contribution in [0.5, 0.6) is 0 Å². The van der Waals surface area contributed by atoms with Gasteiger partial charge in [0.05, 0.1) is 15.6 Å². The summed E-state index contributed by atoms with van der Waals surface area (Å²) in [6, 6.07) is 5.11. The van der Waals surface area contributed by atoms with Crippen molar-refractivity contribution in [1.29, 1.82) is 0 Å². The van der Waals surface area contributed by atoms with E-state index in [2.05, 4.69) is 0 Å². The Bertz CT molecular complexity index is 405. The molecule has 0 aromatic heterocycles. The highest BCUT2D eigenvalue weighted by molar-refractivity contribution is 6.39. The van der Waals surface area contributed by atoms with E-state index >= 15 is 0 Å². The van der Waals surface area contributed by atoms with Gasteiger partial charge < -0.3 is 10.6 Å². The van der Waals surface area contributed by atoms with Gasteiger partial charge in [-0.3, -0.25) is 4.79 Å². The molecule has 2 rings (SSSR count). The minimum atomic E-state index is -0.136. The molecule has 1 fully saturated rings. The molecule has 1 atom stereocenters. The van der Waals surface area contributed by atoms with Crippen LogP contribution < -0.4 is 5.73 Å². The number of hydrogen-bond acceptors (Lipinski definition) is 2. The van der Waals surface area contributed by atoms with Crippen molar-refractivity contribution in [2.75, 3.05) is 13.1 Å². The average Bonchev–Trinajstić information content (AvgIpc) is 2.64. The standard InChI is InChI=1S/C11H12Cl2N2O.ClH/c12-8-2-1-3-9(13)10(8)11(16)15-5-4-7(14)6-15;/h1-3,7H,4-6,14H2;1H. The lowest BCUT2D eigenvalue weighted by Crippen LogP contribution is -2.32. The average molecular weight is 296 g/mol. The second-order valence-corrected chi connectivity index (χ2v) is 4.71. The van der Waals surface area contributed by atoms with Crippen molar-refractivity contribution in [2.24, 2.45) is 5.73 Å². The fourth-order valence-electron chi connectivity index (χ4n) is 1.83. The quantitative estimate of drug-likeness (QED) is 0.865. The summed E-state index contributed by atoms with van der Waals surface area (Å²) in [6.07, 6.45) is 0.827. The Morgan fingerprint density at radius 2 is 1.94 bits per heavy atom. The molecule has 0 aliphatic carbocycles. The Balaban J connectivity index is 0.00000144. The first-order chi connectivity index (χ1) is 7.59. The van der Waals surface area contributed by atoms with E-state index < -0.39 is 0 Å². The zero-order chi connectivity index (χ0) is 11.7. The zero-order valence-corrected chi connectivity index (χ0v) is 11.4. The number of rotatable bonds is 1. The van der Waals surface area contributed by atoms with Crippen LogP contribution in [-0.2, 0) is 0 Å². The Kier molecular flexibility index (Phi) is 5.07. The largest absolute Gasteiger partial charge is 0.337 e. The lowest BCUT2D eigenvalue weighted by atomic mass is 10.2. The lowest BCUT2D eigenvalue weighted by molar-refractivity contribution is 0.0791. The van der Waals surface area contributed by atoms with Gasteiger partial charge in [-0.15, -0.1) is 12.4 Å². The van der Waals surface area contributed by atoms with Crippen LogP contribution in [0.2, 0.25) is 10.0 Å². The van der Waals surface area contributed by atoms with Crippen LogP contribution in [0.4, 0.5) is 0 Å². The molecule has 17 heavy (non-hydrogen) atoms. The maximum Gasteiger partial charge on any atom is 0.256 e. The molecule has 1 saturated heterocycles. The zero-order valence-electron chi connectivity index (χ0n) is 9.03. The SMILES string of the molecule is Cl.NC1CCN(C(=O)c2c(Cl)cccc2Cl)C1. The highest BCUT2D eigenvalue weighted by Crippen LogP contribution is 2.26. The monoisotopic (exact) mass is 294 g/mol. The molecule has 0 spiro atoms. The van der Waals surface area contributed by atoms with Crippen molar-refractivity contribution in [2.45, 2.75) is 12.5 Å². The molecule has 1 aliphatic heterocycles. The number of carbonyl (C=O) groups is 1. The summed E-state index contributed by atoms with van der Waals surface area (Å²) >= 11 is 12.0. The van der Waals surface area contributed by atoms with Gasteiger partial charge in [-0.1, -0.05) is 29.3 Å². The van der Waals surface area contributed by atoms with E-state index in [1.807, 2.05) is 0 Å². The van der Waals surface area contributed by atoms with E-state index in [1.165, 1.54) is 0 Å². The molecule has 0 radical (unpaired) electrons. The highest BCUT2D eigenvalue weighted by atomic mass is 35.5. The number of hydrogen-bond donors (Lipinski definition) is 1. The van der Waals surface area contributed by atoms with Crippen molar-refractivity contribution >= 4 is 41.5 Å². The van der Waals surface area contributed by atoms with Gasteiger partial charge in [-0.05, 0) is 18.6 Å². The van der Waals surface area contributed by atoms with Crippen LogP contribution in [0, 0.1) is 0 Å². The molecule has 1 aromatic rings. The third-order valence-corrected chi connectivity index (χ3v) is 3.32. The molecule has 6 heteroatoms. The summed E-state index contributed by atoms with van der Waals surface area (Å²) in [4.78, 5) is 13.8. The summed E-state index contributed by atoms with van der Waals surface area (Å²) in [7, 11) is 0. The van der Waals surface area contributed by atoms with Crippen molar-refractivity contribution in [1.82, 2.24) is 4.90 Å². The molecule has 3 nitrogen and oxygen atoms in total. The molecule has 2 N–H and O–H groups in total. The number of amides is 1. The predicted octanol–water partition coefficient (Wildman–Crippen LogP) is 2.59. The number of likely N-dealkylation sites (tertiary alicyclic amines) is 1. The molecular weight excluding hydrogens is 282 g/mol. The van der Waals surface area contributed by atoms with E-state index in [4.69, 9.17) is 28.9 Å². The van der Waals surface area contributed by atoms with Crippen LogP contribution >= 0.6 is 35.6 Å². The first kappa shape index (κ1) is 14.6. The highest BCUT2D eigenvalue weighted by Gasteiger charge is 2.27. The molecule has 1 heterocycles. The van der Waals surface area contributed by atoms with Gasteiger partial charge in [0.25, 0.3) is 5.91 Å². The van der Waals surface area contributed by atoms with Crippen LogP contribution in [0.3, 0.4) is 0 Å². The predicted molar refractivity (Wildman–Crippen MR) is 72.2 cm³/mol. The van der Waals surface area contributed by atoms with Crippen molar-refractivity contribution < 1.29 is 4.79 Å². The Labute approximate surface area is 116 Å². The number of benzene rings is 1. The van der Waals surface area contributed by atoms with Crippen LogP contribution in [0.15, 0.2) is 18.2 Å². The molecule has 1 unspecified atom stereocenters. The third kappa shape index (κ3) is 3.05. The number of nitrogens with zero attached hydrogens (tertiary/aromatic N) is 1. The smallest absolute Gasteiger partial charge is 0.256 e. The first-order valence-electron chi connectivity index (χ1n) is 5.08. The number of nitrogens with two attached hydrogens (primary N) is 1. The van der Waals surface area contributed by atoms with Gasteiger partial charge in [0.1, 0.15) is 0 Å². The Morgan fingerprint density at radius 3 is 2.41 bits per heavy atom. The van der Waals surface area contributed by atoms with E-state index in [9.17, 15) is 4.79 Å². The summed E-state index contributed by atoms with van der Waals surface area (Å²) in [5.41, 5.74) is 6.13. The Morgan fingerprint density at radius 1 is 1.35 bits per heavy atom. The fourth-order valence-corrected chi connectivity index (χ4v) is 2.39. The van der Waals surface area contributed by atoms with Crippen molar-refractivity contribution in [3.8, 4) is 0 Å². The maximum absolute atomic E-state index is 12.1. The van der Waals surface area contributed by atoms with Crippen LogP contribution in [-0.4, -0.2) is 29.9 Å². The molecule has 0 saturated carbocycles. The summed E-state index contributed by atoms with van der Waals surface area (Å²) < 4.78 is 0. The molecule has 0 bridgehead atoms. The fraction of sp³-hybridized carbons (Fsp3) is 0.364. The van der Waals surface area contributed by atoms with E-state index in [0.717, 1.165) is 6.42 Å². The van der Waals surface area contributed by atoms with E-state index in [0.29, 0.717) is 28.7 Å². The van der Waals surface area contributed by atoms with Crippen LogP contribution in [0.1, 0.15) is 16.8 Å². The molecule has 1 aromatic carbocycles. The van der Waals surface area contributed by atoms with Gasteiger partial charge in [0, 0.05) is 19.1 Å². The van der Waals surface area contributed by atoms with E-state index in [-0.39, 0.29) is 24.4 Å².